The summed E-state index contributed by atoms with van der Waals surface area (Å²) in [4.78, 5) is 4.67. The van der Waals surface area contributed by atoms with Crippen molar-refractivity contribution in [3.63, 3.8) is 0 Å². The summed E-state index contributed by atoms with van der Waals surface area (Å²) in [6, 6.07) is 6.03. The lowest BCUT2D eigenvalue weighted by Gasteiger charge is -2.07. The Balaban J connectivity index is 2.52. The van der Waals surface area contributed by atoms with Crippen LogP contribution in [0.4, 0.5) is 0 Å². The van der Waals surface area contributed by atoms with E-state index in [0.717, 1.165) is 41.3 Å². The number of fused-ring (bicyclic) bond motifs is 1. The van der Waals surface area contributed by atoms with Crippen molar-refractivity contribution < 1.29 is 4.74 Å². The molecule has 0 aliphatic carbocycles. The van der Waals surface area contributed by atoms with Crippen molar-refractivity contribution in [2.45, 2.75) is 13.0 Å². The van der Waals surface area contributed by atoms with Gasteiger partial charge in [-0.1, -0.05) is 6.07 Å². The smallest absolute Gasteiger partial charge is 0.146 e. The molecule has 2 rings (SSSR count). The number of ether oxygens (including phenoxy) is 1. The highest BCUT2D eigenvalue weighted by molar-refractivity contribution is 7.98. The molecule has 0 amide bonds. The van der Waals surface area contributed by atoms with Crippen molar-refractivity contribution in [1.29, 1.82) is 0 Å². The van der Waals surface area contributed by atoms with E-state index in [2.05, 4.69) is 21.9 Å². The van der Waals surface area contributed by atoms with E-state index in [9.17, 15) is 0 Å². The predicted molar refractivity (Wildman–Crippen MR) is 79.1 cm³/mol. The molecule has 0 fully saturated rings. The Hall–Kier alpha value is -0.870. The number of hydrogen-bond acceptors (Lipinski definition) is 3. The maximum absolute atomic E-state index is 5.85. The number of hydrogen-bond donors (Lipinski definition) is 0. The molecule has 1 aromatic heterocycles. The minimum absolute atomic E-state index is 0.588. The lowest BCUT2D eigenvalue weighted by Crippen LogP contribution is -2.06. The minimum Gasteiger partial charge on any atom is -0.494 e. The molecule has 5 heteroatoms. The van der Waals surface area contributed by atoms with Gasteiger partial charge in [0.15, 0.2) is 0 Å². The number of nitrogens with zero attached hydrogens (tertiary/aromatic N) is 2. The second-order valence-corrected chi connectivity index (χ2v) is 5.30. The van der Waals surface area contributed by atoms with Gasteiger partial charge in [-0.3, -0.25) is 0 Å². The fourth-order valence-corrected chi connectivity index (χ4v) is 2.58. The number of aryl methyl sites for hydroxylation is 2. The van der Waals surface area contributed by atoms with Crippen molar-refractivity contribution in [3.05, 3.63) is 24.0 Å². The van der Waals surface area contributed by atoms with Crippen LogP contribution in [0.1, 0.15) is 5.82 Å². The van der Waals surface area contributed by atoms with Gasteiger partial charge in [-0.15, -0.1) is 11.6 Å². The fourth-order valence-electron chi connectivity index (χ4n) is 2.04. The lowest BCUT2D eigenvalue weighted by molar-refractivity contribution is 0.419. The number of halogens is 1. The van der Waals surface area contributed by atoms with E-state index in [4.69, 9.17) is 16.3 Å². The number of alkyl halides is 1. The van der Waals surface area contributed by atoms with E-state index in [0.29, 0.717) is 5.88 Å². The number of methoxy groups -OCH3 is 1. The molecule has 0 aliphatic rings. The maximum Gasteiger partial charge on any atom is 0.146 e. The summed E-state index contributed by atoms with van der Waals surface area (Å²) in [6.45, 7) is 0.955. The maximum atomic E-state index is 5.85. The van der Waals surface area contributed by atoms with Crippen molar-refractivity contribution in [3.8, 4) is 5.75 Å². The van der Waals surface area contributed by atoms with Gasteiger partial charge < -0.3 is 9.30 Å². The largest absolute Gasteiger partial charge is 0.494 e. The average molecular weight is 285 g/mol. The third kappa shape index (κ3) is 2.59. The number of imidazole rings is 1. The van der Waals surface area contributed by atoms with Crippen molar-refractivity contribution >= 4 is 34.4 Å². The van der Waals surface area contributed by atoms with Crippen LogP contribution in [0.3, 0.4) is 0 Å². The summed E-state index contributed by atoms with van der Waals surface area (Å²) in [5.74, 6) is 3.52. The Bertz CT molecular complexity index is 527. The number of benzene rings is 1. The topological polar surface area (TPSA) is 27.1 Å². The molecular weight excluding hydrogens is 268 g/mol. The lowest BCUT2D eigenvalue weighted by atomic mass is 10.3. The zero-order chi connectivity index (χ0) is 13.0. The molecule has 2 aromatic rings. The van der Waals surface area contributed by atoms with Gasteiger partial charge in [-0.2, -0.15) is 11.8 Å². The molecule has 3 nitrogen and oxygen atoms in total. The molecule has 0 N–H and O–H groups in total. The fraction of sp³-hybridized carbons (Fsp3) is 0.462. The van der Waals surface area contributed by atoms with Crippen LogP contribution in [0.15, 0.2) is 18.2 Å². The van der Waals surface area contributed by atoms with E-state index in [1.54, 1.807) is 7.11 Å². The van der Waals surface area contributed by atoms with Crippen LogP contribution in [0.25, 0.3) is 11.0 Å². The molecule has 98 valence electrons. The Morgan fingerprint density at radius 1 is 1.44 bits per heavy atom. The molecule has 0 radical (unpaired) electrons. The molecular formula is C13H17ClN2OS. The van der Waals surface area contributed by atoms with Gasteiger partial charge in [0.2, 0.25) is 0 Å². The van der Waals surface area contributed by atoms with Crippen LogP contribution >= 0.6 is 23.4 Å². The Labute approximate surface area is 116 Å². The normalized spacial score (nSPS) is 11.1. The van der Waals surface area contributed by atoms with Crippen molar-refractivity contribution in [2.24, 2.45) is 0 Å². The molecule has 0 bridgehead atoms. The molecule has 18 heavy (non-hydrogen) atoms. The number of para-hydroxylation sites is 1. The zero-order valence-electron chi connectivity index (χ0n) is 10.6. The van der Waals surface area contributed by atoms with E-state index in [1.165, 1.54) is 0 Å². The van der Waals surface area contributed by atoms with Gasteiger partial charge in [-0.25, -0.2) is 4.98 Å². The monoisotopic (exact) mass is 284 g/mol. The number of aromatic nitrogens is 2. The van der Waals surface area contributed by atoms with Gasteiger partial charge >= 0.3 is 0 Å². The van der Waals surface area contributed by atoms with Crippen molar-refractivity contribution in [1.82, 2.24) is 9.55 Å². The Morgan fingerprint density at radius 3 is 2.94 bits per heavy atom. The van der Waals surface area contributed by atoms with Gasteiger partial charge in [0.05, 0.1) is 12.6 Å². The van der Waals surface area contributed by atoms with Crippen LogP contribution in [0.5, 0.6) is 5.75 Å². The number of thioether (sulfide) groups is 1. The van der Waals surface area contributed by atoms with Gasteiger partial charge in [0.25, 0.3) is 0 Å². The van der Waals surface area contributed by atoms with Gasteiger partial charge in [0, 0.05) is 24.6 Å². The highest BCUT2D eigenvalue weighted by Crippen LogP contribution is 2.26. The Morgan fingerprint density at radius 2 is 2.28 bits per heavy atom. The standard InChI is InChI=1S/C13H17ClN2OS/c1-17-11-5-3-4-10-13(11)15-12(6-7-14)16(10)8-9-18-2/h3-5H,6-9H2,1-2H3. The second kappa shape index (κ2) is 6.34. The minimum atomic E-state index is 0.588. The van der Waals surface area contributed by atoms with Crippen molar-refractivity contribution in [2.75, 3.05) is 25.0 Å². The first-order valence-electron chi connectivity index (χ1n) is 5.88. The van der Waals surface area contributed by atoms with Crippen LogP contribution < -0.4 is 4.74 Å². The first kappa shape index (κ1) is 13.6. The molecule has 1 aromatic carbocycles. The van der Waals surface area contributed by atoms with E-state index in [1.807, 2.05) is 23.9 Å². The van der Waals surface area contributed by atoms with Crippen LogP contribution in [-0.2, 0) is 13.0 Å². The molecule has 0 unspecified atom stereocenters. The first-order valence-corrected chi connectivity index (χ1v) is 7.81. The molecule has 0 atom stereocenters. The molecule has 0 aliphatic heterocycles. The van der Waals surface area contributed by atoms with Gasteiger partial charge in [0.1, 0.15) is 17.1 Å². The third-order valence-corrected chi connectivity index (χ3v) is 3.66. The van der Waals surface area contributed by atoms with Crippen LogP contribution in [0, 0.1) is 0 Å². The quantitative estimate of drug-likeness (QED) is 0.762. The summed E-state index contributed by atoms with van der Waals surface area (Å²) in [5, 5.41) is 0. The SMILES string of the molecule is COc1cccc2c1nc(CCCl)n2CCSC. The highest BCUT2D eigenvalue weighted by Gasteiger charge is 2.13. The molecule has 1 heterocycles. The highest BCUT2D eigenvalue weighted by atomic mass is 35.5. The molecule has 0 saturated carbocycles. The summed E-state index contributed by atoms with van der Waals surface area (Å²) < 4.78 is 7.61. The summed E-state index contributed by atoms with van der Waals surface area (Å²) in [7, 11) is 1.68. The van der Waals surface area contributed by atoms with E-state index in [-0.39, 0.29) is 0 Å². The van der Waals surface area contributed by atoms with Crippen LogP contribution in [0.2, 0.25) is 0 Å². The first-order chi connectivity index (χ1) is 8.81. The second-order valence-electron chi connectivity index (χ2n) is 3.94. The summed E-state index contributed by atoms with van der Waals surface area (Å²) in [6.07, 6.45) is 2.90. The third-order valence-electron chi connectivity index (χ3n) is 2.88. The average Bonchev–Trinajstić information content (AvgIpc) is 2.74. The predicted octanol–water partition coefficient (Wildman–Crippen LogP) is 3.19. The molecule has 0 saturated heterocycles. The summed E-state index contributed by atoms with van der Waals surface area (Å²) in [5.41, 5.74) is 2.06. The van der Waals surface area contributed by atoms with E-state index < -0.39 is 0 Å². The summed E-state index contributed by atoms with van der Waals surface area (Å²) >= 11 is 7.69. The van der Waals surface area contributed by atoms with Crippen LogP contribution in [-0.4, -0.2) is 34.5 Å². The Kier molecular flexibility index (Phi) is 4.78. The molecule has 0 spiro atoms. The zero-order valence-corrected chi connectivity index (χ0v) is 12.2. The van der Waals surface area contributed by atoms with E-state index >= 15 is 0 Å². The number of rotatable bonds is 6. The van der Waals surface area contributed by atoms with Gasteiger partial charge in [-0.05, 0) is 18.4 Å².